The summed E-state index contributed by atoms with van der Waals surface area (Å²) in [5, 5.41) is 7.00. The molecule has 5 rings (SSSR count). The number of nitrogens with one attached hydrogen (secondary N) is 1. The van der Waals surface area contributed by atoms with E-state index >= 15 is 0 Å². The molecule has 1 fully saturated rings. The average molecular weight is 621 g/mol. The predicted octanol–water partition coefficient (Wildman–Crippen LogP) is 2.57. The van der Waals surface area contributed by atoms with E-state index in [0.29, 0.717) is 27.6 Å². The molecule has 1 amide bonds. The number of rotatable bonds is 4. The lowest BCUT2D eigenvalue weighted by Gasteiger charge is -2.34. The number of sulfone groups is 1. The number of pyridine rings is 1. The predicted molar refractivity (Wildman–Crippen MR) is 141 cm³/mol. The van der Waals surface area contributed by atoms with E-state index in [1.54, 1.807) is 35.9 Å². The van der Waals surface area contributed by atoms with Gasteiger partial charge in [-0.1, -0.05) is 23.2 Å². The van der Waals surface area contributed by atoms with Gasteiger partial charge in [0.2, 0.25) is 6.29 Å². The van der Waals surface area contributed by atoms with Crippen molar-refractivity contribution in [3.63, 3.8) is 0 Å². The fraction of sp³-hybridized carbons (Fsp3) is 0.318. The van der Waals surface area contributed by atoms with E-state index in [-0.39, 0.29) is 41.9 Å². The van der Waals surface area contributed by atoms with Crippen LogP contribution < -0.4 is 16.0 Å². The summed E-state index contributed by atoms with van der Waals surface area (Å²) < 4.78 is 59.0. The van der Waals surface area contributed by atoms with Crippen LogP contribution in [0.1, 0.15) is 22.8 Å². The monoisotopic (exact) mass is 620 g/mol. The number of imidazole rings is 1. The number of fused-ring (bicyclic) bond motifs is 2. The molecular formula is C22H21Cl2F3N8O4S. The number of alkyl halides is 3. The third kappa shape index (κ3) is 5.93. The zero-order valence-corrected chi connectivity index (χ0v) is 22.9. The van der Waals surface area contributed by atoms with Gasteiger partial charge in [0, 0.05) is 37.6 Å². The smallest absolute Gasteiger partial charge is 0.381 e. The Balaban J connectivity index is 0.000000557. The molecule has 0 bridgehead atoms. The van der Waals surface area contributed by atoms with Crippen LogP contribution in [0.2, 0.25) is 10.2 Å². The second kappa shape index (κ2) is 11.1. The molecule has 0 aliphatic carbocycles. The van der Waals surface area contributed by atoms with Crippen LogP contribution in [-0.2, 0) is 21.2 Å². The zero-order valence-electron chi connectivity index (χ0n) is 20.6. The van der Waals surface area contributed by atoms with Gasteiger partial charge < -0.3 is 16.0 Å². The maximum Gasteiger partial charge on any atom is 0.446 e. The molecule has 4 aromatic heterocycles. The third-order valence-corrected chi connectivity index (χ3v) is 8.72. The van der Waals surface area contributed by atoms with Crippen molar-refractivity contribution in [2.75, 3.05) is 29.5 Å². The van der Waals surface area contributed by atoms with Crippen LogP contribution in [0.25, 0.3) is 11.2 Å². The molecule has 1 saturated heterocycles. The topological polar surface area (TPSA) is 157 Å². The highest BCUT2D eigenvalue weighted by Gasteiger charge is 2.32. The number of amides is 1. The molecule has 1 atom stereocenters. The molecule has 0 spiro atoms. The first-order valence-electron chi connectivity index (χ1n) is 11.4. The van der Waals surface area contributed by atoms with Crippen molar-refractivity contribution in [2.45, 2.75) is 24.9 Å². The number of nitrogens with zero attached hydrogens (tertiary/aromatic N) is 6. The number of anilines is 2. The Morgan fingerprint density at radius 3 is 2.65 bits per heavy atom. The van der Waals surface area contributed by atoms with Crippen LogP contribution in [0.15, 0.2) is 30.9 Å². The van der Waals surface area contributed by atoms with Crippen LogP contribution in [0, 0.1) is 0 Å². The summed E-state index contributed by atoms with van der Waals surface area (Å²) in [6.45, 7) is 2.32. The molecule has 18 heteroatoms. The van der Waals surface area contributed by atoms with Gasteiger partial charge in [0.05, 0.1) is 16.0 Å². The fourth-order valence-corrected chi connectivity index (χ4v) is 6.04. The van der Waals surface area contributed by atoms with Crippen molar-refractivity contribution in [1.29, 1.82) is 0 Å². The van der Waals surface area contributed by atoms with Crippen molar-refractivity contribution in [3.05, 3.63) is 52.2 Å². The van der Waals surface area contributed by atoms with Crippen LogP contribution in [0.5, 0.6) is 0 Å². The Morgan fingerprint density at radius 2 is 2.00 bits per heavy atom. The Hall–Kier alpha value is -3.63. The number of halogens is 5. The van der Waals surface area contributed by atoms with E-state index in [9.17, 15) is 26.4 Å². The van der Waals surface area contributed by atoms with Crippen molar-refractivity contribution in [3.8, 4) is 0 Å². The number of carbonyl (C=O) groups excluding carboxylic acids is 2. The summed E-state index contributed by atoms with van der Waals surface area (Å²) in [5.74, 6) is 0.275. The minimum Gasteiger partial charge on any atom is -0.381 e. The summed E-state index contributed by atoms with van der Waals surface area (Å²) in [6, 6.07) is 3.38. The lowest BCUT2D eigenvalue weighted by atomic mass is 10.2. The second-order valence-electron chi connectivity index (χ2n) is 8.71. The van der Waals surface area contributed by atoms with E-state index in [2.05, 4.69) is 20.4 Å². The molecule has 1 aliphatic heterocycles. The Labute approximate surface area is 234 Å². The Kier molecular flexibility index (Phi) is 8.14. The molecular weight excluding hydrogens is 600 g/mol. The zero-order chi connectivity index (χ0) is 29.4. The molecule has 1 unspecified atom stereocenters. The van der Waals surface area contributed by atoms with Crippen LogP contribution in [0.4, 0.5) is 24.8 Å². The van der Waals surface area contributed by atoms with Crippen LogP contribution >= 0.6 is 23.2 Å². The first kappa shape index (κ1) is 29.4. The molecule has 40 heavy (non-hydrogen) atoms. The number of hydrogen-bond acceptors (Lipinski definition) is 9. The molecule has 5 heterocycles. The van der Waals surface area contributed by atoms with Crippen LogP contribution in [0.3, 0.4) is 0 Å². The van der Waals surface area contributed by atoms with Gasteiger partial charge in [0.15, 0.2) is 26.5 Å². The maximum absolute atomic E-state index is 13.0. The molecule has 214 valence electrons. The SMILES string of the molecule is CC1CN(c2c(CNC(=O)c3c(N)nn4cccnc34)cc(Cl)c3c(Cl)ncn23)CCS1(=O)=O.O=CC(F)(F)F. The summed E-state index contributed by atoms with van der Waals surface area (Å²) in [6.07, 6.45) is -0.971. The van der Waals surface area contributed by atoms with Gasteiger partial charge in [-0.3, -0.25) is 14.0 Å². The quantitative estimate of drug-likeness (QED) is 0.327. The maximum atomic E-state index is 13.0. The minimum atomic E-state index is -4.64. The van der Waals surface area contributed by atoms with Gasteiger partial charge >= 0.3 is 6.18 Å². The van der Waals surface area contributed by atoms with E-state index < -0.39 is 33.5 Å². The van der Waals surface area contributed by atoms with Gasteiger partial charge in [-0.05, 0) is 19.1 Å². The Bertz CT molecular complexity index is 1710. The van der Waals surface area contributed by atoms with Crippen LogP contribution in [-0.4, -0.2) is 74.9 Å². The molecule has 0 aromatic carbocycles. The number of nitrogens with two attached hydrogens (primary N) is 1. The Morgan fingerprint density at radius 1 is 1.30 bits per heavy atom. The van der Waals surface area contributed by atoms with Crippen molar-refractivity contribution in [2.24, 2.45) is 0 Å². The number of carbonyl (C=O) groups is 2. The summed E-state index contributed by atoms with van der Waals surface area (Å²) in [5.41, 5.74) is 7.63. The van der Waals surface area contributed by atoms with Crippen molar-refractivity contribution >= 4 is 68.0 Å². The highest BCUT2D eigenvalue weighted by molar-refractivity contribution is 7.92. The highest BCUT2D eigenvalue weighted by Crippen LogP contribution is 2.34. The summed E-state index contributed by atoms with van der Waals surface area (Å²) >= 11 is 12.7. The minimum absolute atomic E-state index is 0.0110. The molecule has 4 aromatic rings. The first-order valence-corrected chi connectivity index (χ1v) is 13.9. The van der Waals surface area contributed by atoms with E-state index in [1.807, 2.05) is 4.90 Å². The van der Waals surface area contributed by atoms with Crippen molar-refractivity contribution < 1.29 is 31.2 Å². The molecule has 0 radical (unpaired) electrons. The first-order chi connectivity index (χ1) is 18.7. The van der Waals surface area contributed by atoms with Gasteiger partial charge in [0.1, 0.15) is 23.2 Å². The second-order valence-corrected chi connectivity index (χ2v) is 12.0. The lowest BCUT2D eigenvalue weighted by Crippen LogP contribution is -2.46. The lowest BCUT2D eigenvalue weighted by molar-refractivity contribution is -0.156. The van der Waals surface area contributed by atoms with Crippen molar-refractivity contribution in [1.82, 2.24) is 29.3 Å². The number of aldehydes is 1. The number of aromatic nitrogens is 5. The van der Waals surface area contributed by atoms with Gasteiger partial charge in [-0.15, -0.1) is 5.10 Å². The average Bonchev–Trinajstić information content (AvgIpc) is 3.44. The largest absolute Gasteiger partial charge is 0.446 e. The number of hydrogen-bond donors (Lipinski definition) is 2. The summed E-state index contributed by atoms with van der Waals surface area (Å²) in [4.78, 5) is 32.0. The van der Waals surface area contributed by atoms with Gasteiger partial charge in [-0.25, -0.2) is 22.9 Å². The standard InChI is InChI=1S/C20H20Cl2N8O3S.C2HF3O/c1-11-9-28(5-6-34(11,32)33)20-12(7-13(21)15-16(22)26-10-29(15)20)8-25-19(31)14-17(23)27-30-4-2-3-24-18(14)30;3-2(4,5)1-6/h2-4,7,10-11H,5-6,8-9H2,1H3,(H2,23,27)(H,25,31);1H. The number of nitrogen functional groups attached to an aromatic ring is 1. The normalized spacial score (nSPS) is 16.9. The fourth-order valence-electron chi connectivity index (χ4n) is 4.16. The van der Waals surface area contributed by atoms with E-state index in [0.717, 1.165) is 0 Å². The van der Waals surface area contributed by atoms with E-state index in [1.165, 1.54) is 10.8 Å². The van der Waals surface area contributed by atoms with E-state index in [4.69, 9.17) is 33.7 Å². The summed E-state index contributed by atoms with van der Waals surface area (Å²) in [7, 11) is -3.17. The molecule has 0 saturated carbocycles. The van der Waals surface area contributed by atoms with Gasteiger partial charge in [0.25, 0.3) is 5.91 Å². The molecule has 12 nitrogen and oxygen atoms in total. The highest BCUT2D eigenvalue weighted by atomic mass is 35.5. The molecule has 1 aliphatic rings. The molecule has 3 N–H and O–H groups in total. The van der Waals surface area contributed by atoms with Gasteiger partial charge in [-0.2, -0.15) is 13.2 Å². The third-order valence-electron chi connectivity index (χ3n) is 6.02.